The Kier molecular flexibility index (Phi) is 5.73. The fraction of sp³-hybridized carbons (Fsp3) is 0. The second-order valence-electron chi connectivity index (χ2n) is 6.66. The van der Waals surface area contributed by atoms with E-state index in [1.165, 1.54) is 36.5 Å². The molecular formula is C22H15ClN6O3. The van der Waals surface area contributed by atoms with Crippen LogP contribution in [0.1, 0.15) is 20.7 Å². The molecule has 32 heavy (non-hydrogen) atoms. The monoisotopic (exact) mass is 446 g/mol. The molecule has 10 heteroatoms. The molecule has 1 heterocycles. The fourth-order valence-electron chi connectivity index (χ4n) is 2.99. The van der Waals surface area contributed by atoms with Crippen molar-refractivity contribution >= 4 is 51.4 Å². The van der Waals surface area contributed by atoms with Crippen molar-refractivity contribution in [3.63, 3.8) is 0 Å². The number of carbonyl (C=O) groups is 2. The van der Waals surface area contributed by atoms with Gasteiger partial charge in [0.1, 0.15) is 5.69 Å². The number of phenolic OH excluding ortho intramolecular Hbond substituents is 1. The first-order chi connectivity index (χ1) is 15.4. The van der Waals surface area contributed by atoms with Crippen LogP contribution in [0.2, 0.25) is 5.02 Å². The third kappa shape index (κ3) is 4.37. The quantitative estimate of drug-likeness (QED) is 0.379. The molecule has 3 aromatic carbocycles. The predicted octanol–water partition coefficient (Wildman–Crippen LogP) is 4.76. The minimum atomic E-state index is -0.591. The number of amides is 2. The number of fused-ring (bicyclic) bond motifs is 1. The number of nitrogens with zero attached hydrogens (tertiary/aromatic N) is 4. The number of carbonyl (C=O) groups excluding carboxylic acids is 2. The molecule has 0 bridgehead atoms. The SMILES string of the molecule is NC(=O)c1ccc(NC(=O)c2cc3cc(Cl)ccc3c(/N=N/c3cccnn3)c2O)cc1. The highest BCUT2D eigenvalue weighted by molar-refractivity contribution is 6.31. The predicted molar refractivity (Wildman–Crippen MR) is 120 cm³/mol. The minimum Gasteiger partial charge on any atom is -0.505 e. The van der Waals surface area contributed by atoms with E-state index in [-0.39, 0.29) is 22.8 Å². The van der Waals surface area contributed by atoms with Crippen LogP contribution in [0.15, 0.2) is 77.1 Å². The van der Waals surface area contributed by atoms with Crippen molar-refractivity contribution in [3.05, 3.63) is 83.0 Å². The number of halogens is 1. The summed E-state index contributed by atoms with van der Waals surface area (Å²) in [5.74, 6) is -1.30. The van der Waals surface area contributed by atoms with Crippen LogP contribution in [0.5, 0.6) is 5.75 Å². The topological polar surface area (TPSA) is 143 Å². The summed E-state index contributed by atoms with van der Waals surface area (Å²) in [4.78, 5) is 24.1. The number of nitrogens with two attached hydrogens (primary N) is 1. The van der Waals surface area contributed by atoms with Crippen LogP contribution >= 0.6 is 11.6 Å². The first-order valence-electron chi connectivity index (χ1n) is 9.28. The maximum atomic E-state index is 12.9. The van der Waals surface area contributed by atoms with Gasteiger partial charge in [0.2, 0.25) is 5.91 Å². The van der Waals surface area contributed by atoms with Crippen molar-refractivity contribution in [1.82, 2.24) is 10.2 Å². The Bertz CT molecular complexity index is 1360. The third-order valence-corrected chi connectivity index (χ3v) is 4.77. The maximum Gasteiger partial charge on any atom is 0.259 e. The van der Waals surface area contributed by atoms with Crippen LogP contribution in [-0.4, -0.2) is 27.1 Å². The molecule has 4 N–H and O–H groups in total. The van der Waals surface area contributed by atoms with Gasteiger partial charge in [-0.05, 0) is 60.0 Å². The van der Waals surface area contributed by atoms with E-state index >= 15 is 0 Å². The normalized spacial score (nSPS) is 11.0. The zero-order valence-corrected chi connectivity index (χ0v) is 17.1. The fourth-order valence-corrected chi connectivity index (χ4v) is 3.17. The maximum absolute atomic E-state index is 12.9. The summed E-state index contributed by atoms with van der Waals surface area (Å²) >= 11 is 6.11. The molecule has 0 spiro atoms. The lowest BCUT2D eigenvalue weighted by atomic mass is 10.0. The molecule has 0 atom stereocenters. The summed E-state index contributed by atoms with van der Waals surface area (Å²) in [6.07, 6.45) is 1.49. The number of anilines is 1. The van der Waals surface area contributed by atoms with E-state index in [0.717, 1.165) is 0 Å². The van der Waals surface area contributed by atoms with Gasteiger partial charge in [-0.3, -0.25) is 9.59 Å². The van der Waals surface area contributed by atoms with Gasteiger partial charge in [-0.25, -0.2) is 0 Å². The molecular weight excluding hydrogens is 432 g/mol. The lowest BCUT2D eigenvalue weighted by Gasteiger charge is -2.11. The van der Waals surface area contributed by atoms with Crippen LogP contribution in [0.3, 0.4) is 0 Å². The van der Waals surface area contributed by atoms with Crippen LogP contribution in [0, 0.1) is 0 Å². The van der Waals surface area contributed by atoms with Crippen molar-refractivity contribution in [1.29, 1.82) is 0 Å². The van der Waals surface area contributed by atoms with Gasteiger partial charge in [0, 0.05) is 27.9 Å². The zero-order valence-electron chi connectivity index (χ0n) is 16.4. The van der Waals surface area contributed by atoms with Gasteiger partial charge in [0.15, 0.2) is 11.6 Å². The Morgan fingerprint density at radius 2 is 1.81 bits per heavy atom. The summed E-state index contributed by atoms with van der Waals surface area (Å²) in [5, 5.41) is 30.8. The van der Waals surface area contributed by atoms with Crippen LogP contribution < -0.4 is 11.1 Å². The minimum absolute atomic E-state index is 0.0353. The number of hydrogen-bond donors (Lipinski definition) is 3. The van der Waals surface area contributed by atoms with Gasteiger partial charge in [0.05, 0.1) is 5.56 Å². The number of azo groups is 1. The number of hydrogen-bond acceptors (Lipinski definition) is 7. The standard InChI is InChI=1S/C22H15ClN6O3/c23-14-5-8-16-13(10-14)11-17(20(30)19(16)29-28-18-2-1-9-25-27-18)22(32)26-15-6-3-12(4-7-15)21(24)31/h1-11,30H,(H2,24,31)(H,26,32)/b29-28+. The Labute approximate surface area is 186 Å². The summed E-state index contributed by atoms with van der Waals surface area (Å²) < 4.78 is 0. The number of primary amides is 1. The van der Waals surface area contributed by atoms with E-state index in [0.29, 0.717) is 27.0 Å². The Hall–Kier alpha value is -4.37. The van der Waals surface area contributed by atoms with Crippen molar-refractivity contribution in [3.8, 4) is 5.75 Å². The molecule has 0 radical (unpaired) electrons. The summed E-state index contributed by atoms with van der Waals surface area (Å²) in [6, 6.07) is 15.7. The average Bonchev–Trinajstić information content (AvgIpc) is 2.79. The number of phenols is 1. The second kappa shape index (κ2) is 8.78. The van der Waals surface area contributed by atoms with Gasteiger partial charge >= 0.3 is 0 Å². The molecule has 0 unspecified atom stereocenters. The van der Waals surface area contributed by atoms with Gasteiger partial charge in [-0.2, -0.15) is 5.10 Å². The zero-order chi connectivity index (χ0) is 22.7. The first kappa shape index (κ1) is 20.9. The molecule has 0 aliphatic rings. The molecule has 9 nitrogen and oxygen atoms in total. The lowest BCUT2D eigenvalue weighted by molar-refractivity contribution is 0.0998. The molecule has 0 saturated heterocycles. The van der Waals surface area contributed by atoms with Crippen LogP contribution in [0.4, 0.5) is 17.2 Å². The molecule has 2 amide bonds. The molecule has 4 aromatic rings. The molecule has 158 valence electrons. The van der Waals surface area contributed by atoms with Crippen molar-refractivity contribution in [2.45, 2.75) is 0 Å². The highest BCUT2D eigenvalue weighted by Crippen LogP contribution is 2.40. The van der Waals surface area contributed by atoms with Crippen LogP contribution in [-0.2, 0) is 0 Å². The summed E-state index contributed by atoms with van der Waals surface area (Å²) in [7, 11) is 0. The molecule has 0 aliphatic carbocycles. The summed E-state index contributed by atoms with van der Waals surface area (Å²) in [5.41, 5.74) is 5.99. The van der Waals surface area contributed by atoms with Crippen LogP contribution in [0.25, 0.3) is 10.8 Å². The molecule has 1 aromatic heterocycles. The lowest BCUT2D eigenvalue weighted by Crippen LogP contribution is -2.13. The smallest absolute Gasteiger partial charge is 0.259 e. The first-order valence-corrected chi connectivity index (χ1v) is 9.66. The number of benzene rings is 3. The molecule has 0 saturated carbocycles. The van der Waals surface area contributed by atoms with Gasteiger partial charge in [-0.15, -0.1) is 15.3 Å². The third-order valence-electron chi connectivity index (χ3n) is 4.53. The number of nitrogens with one attached hydrogen (secondary N) is 1. The van der Waals surface area contributed by atoms with Gasteiger partial charge < -0.3 is 16.2 Å². The van der Waals surface area contributed by atoms with E-state index in [2.05, 4.69) is 25.7 Å². The van der Waals surface area contributed by atoms with E-state index in [1.807, 2.05) is 0 Å². The molecule has 0 fully saturated rings. The van der Waals surface area contributed by atoms with Crippen molar-refractivity contribution < 1.29 is 14.7 Å². The Morgan fingerprint density at radius 1 is 1.03 bits per heavy atom. The molecule has 0 aliphatic heterocycles. The van der Waals surface area contributed by atoms with Gasteiger partial charge in [0.25, 0.3) is 5.91 Å². The van der Waals surface area contributed by atoms with Gasteiger partial charge in [-0.1, -0.05) is 17.7 Å². The van der Waals surface area contributed by atoms with Crippen molar-refractivity contribution in [2.24, 2.45) is 16.0 Å². The number of aromatic hydroxyl groups is 1. The highest BCUT2D eigenvalue weighted by Gasteiger charge is 2.19. The van der Waals surface area contributed by atoms with E-state index < -0.39 is 11.8 Å². The van der Waals surface area contributed by atoms with E-state index in [4.69, 9.17) is 17.3 Å². The van der Waals surface area contributed by atoms with Crippen molar-refractivity contribution in [2.75, 3.05) is 5.32 Å². The number of rotatable bonds is 5. The average molecular weight is 447 g/mol. The summed E-state index contributed by atoms with van der Waals surface area (Å²) in [6.45, 7) is 0. The Balaban J connectivity index is 1.75. The second-order valence-corrected chi connectivity index (χ2v) is 7.10. The van der Waals surface area contributed by atoms with E-state index in [1.54, 1.807) is 30.3 Å². The number of aromatic nitrogens is 2. The molecule has 4 rings (SSSR count). The Morgan fingerprint density at radius 3 is 2.50 bits per heavy atom. The van der Waals surface area contributed by atoms with E-state index in [9.17, 15) is 14.7 Å². The largest absolute Gasteiger partial charge is 0.505 e. The highest BCUT2D eigenvalue weighted by atomic mass is 35.5.